The summed E-state index contributed by atoms with van der Waals surface area (Å²) in [7, 11) is 0. The van der Waals surface area contributed by atoms with Gasteiger partial charge in [0.15, 0.2) is 0 Å². The minimum atomic E-state index is -0.839. The van der Waals surface area contributed by atoms with E-state index in [2.05, 4.69) is 31.3 Å². The molecule has 0 saturated heterocycles. The van der Waals surface area contributed by atoms with Crippen LogP contribution in [-0.4, -0.2) is 47.4 Å². The van der Waals surface area contributed by atoms with Crippen LogP contribution in [0.25, 0.3) is 0 Å². The molecular weight excluding hydrogens is 935 g/mol. The van der Waals surface area contributed by atoms with E-state index in [-0.39, 0.29) is 18.5 Å². The standard InChI is InChI=1S/C70H135NO5/c1-3-5-7-9-11-13-15-16-17-18-31-35-38-41-44-48-52-56-60-64-70(75)76-65-61-57-53-49-45-42-39-36-33-30-28-26-24-22-20-19-21-23-25-27-29-32-34-37-40-43-47-51-55-59-63-69(74)71-67(66-72)68(73)62-58-54-50-46-14-12-10-8-6-4-2/h16-17,58,62,67-68,72-73H,3-15,18-57,59-61,63-66H2,1-2H3,(H,71,74)/b17-16-,62-58+. The van der Waals surface area contributed by atoms with E-state index in [1.54, 1.807) is 6.08 Å². The van der Waals surface area contributed by atoms with Crippen molar-refractivity contribution in [2.75, 3.05) is 13.2 Å². The molecule has 0 aromatic rings. The fourth-order valence-corrected chi connectivity index (χ4v) is 10.9. The molecule has 0 aromatic carbocycles. The zero-order chi connectivity index (χ0) is 55.0. The highest BCUT2D eigenvalue weighted by atomic mass is 16.5. The lowest BCUT2D eigenvalue weighted by Gasteiger charge is -2.20. The molecule has 2 atom stereocenters. The molecule has 0 aliphatic carbocycles. The van der Waals surface area contributed by atoms with Crippen molar-refractivity contribution in [3.8, 4) is 0 Å². The third-order valence-electron chi connectivity index (χ3n) is 16.2. The Labute approximate surface area is 475 Å². The Balaban J connectivity index is 3.30. The minimum Gasteiger partial charge on any atom is -0.466 e. The quantitative estimate of drug-likeness (QED) is 0.0320. The first-order chi connectivity index (χ1) is 37.5. The molecule has 0 heterocycles. The molecule has 0 rings (SSSR count). The van der Waals surface area contributed by atoms with Gasteiger partial charge in [0.1, 0.15) is 0 Å². The van der Waals surface area contributed by atoms with Crippen molar-refractivity contribution in [3.63, 3.8) is 0 Å². The zero-order valence-corrected chi connectivity index (χ0v) is 51.5. The summed E-state index contributed by atoms with van der Waals surface area (Å²) in [5, 5.41) is 23.0. The smallest absolute Gasteiger partial charge is 0.305 e. The molecular formula is C70H135NO5. The molecule has 0 aliphatic heterocycles. The molecule has 0 bridgehead atoms. The van der Waals surface area contributed by atoms with E-state index >= 15 is 0 Å². The van der Waals surface area contributed by atoms with Crippen molar-refractivity contribution in [1.29, 1.82) is 0 Å². The summed E-state index contributed by atoms with van der Waals surface area (Å²) in [5.74, 6) is -0.0446. The number of carbonyl (C=O) groups is 2. The monoisotopic (exact) mass is 1070 g/mol. The van der Waals surface area contributed by atoms with Crippen LogP contribution in [0.5, 0.6) is 0 Å². The van der Waals surface area contributed by atoms with E-state index in [0.717, 1.165) is 38.5 Å². The van der Waals surface area contributed by atoms with Crippen LogP contribution in [0.3, 0.4) is 0 Å². The van der Waals surface area contributed by atoms with Crippen LogP contribution in [0.1, 0.15) is 386 Å². The van der Waals surface area contributed by atoms with Crippen molar-refractivity contribution in [2.24, 2.45) is 0 Å². The van der Waals surface area contributed by atoms with Gasteiger partial charge in [0.25, 0.3) is 0 Å². The number of ether oxygens (including phenoxy) is 1. The first-order valence-electron chi connectivity index (χ1n) is 34.6. The lowest BCUT2D eigenvalue weighted by atomic mass is 10.0. The summed E-state index contributed by atoms with van der Waals surface area (Å²) in [6, 6.07) is -0.623. The maximum atomic E-state index is 12.4. The summed E-state index contributed by atoms with van der Waals surface area (Å²) >= 11 is 0. The van der Waals surface area contributed by atoms with Gasteiger partial charge in [-0.2, -0.15) is 0 Å². The topological polar surface area (TPSA) is 95.9 Å². The van der Waals surface area contributed by atoms with Gasteiger partial charge in [-0.3, -0.25) is 9.59 Å². The van der Waals surface area contributed by atoms with Gasteiger partial charge in [0.05, 0.1) is 25.4 Å². The molecule has 0 aliphatic rings. The minimum absolute atomic E-state index is 0.0199. The van der Waals surface area contributed by atoms with Gasteiger partial charge in [-0.05, 0) is 57.8 Å². The Hall–Kier alpha value is -1.66. The second-order valence-electron chi connectivity index (χ2n) is 23.9. The van der Waals surface area contributed by atoms with Crippen LogP contribution < -0.4 is 5.32 Å². The van der Waals surface area contributed by atoms with Crippen molar-refractivity contribution < 1.29 is 24.5 Å². The summed E-state index contributed by atoms with van der Waals surface area (Å²) < 4.78 is 5.51. The van der Waals surface area contributed by atoms with E-state index in [4.69, 9.17) is 4.74 Å². The maximum Gasteiger partial charge on any atom is 0.305 e. The van der Waals surface area contributed by atoms with Crippen LogP contribution in [0.4, 0.5) is 0 Å². The Morgan fingerprint density at radius 2 is 0.618 bits per heavy atom. The Bertz CT molecular complexity index is 1190. The molecule has 2 unspecified atom stereocenters. The predicted molar refractivity (Wildman–Crippen MR) is 333 cm³/mol. The van der Waals surface area contributed by atoms with Gasteiger partial charge in [-0.15, -0.1) is 0 Å². The van der Waals surface area contributed by atoms with Crippen molar-refractivity contribution >= 4 is 11.9 Å². The lowest BCUT2D eigenvalue weighted by molar-refractivity contribution is -0.143. The number of amides is 1. The van der Waals surface area contributed by atoms with Gasteiger partial charge in [-0.25, -0.2) is 0 Å². The number of aliphatic hydroxyl groups excluding tert-OH is 2. The summed E-state index contributed by atoms with van der Waals surface area (Å²) in [6.07, 6.45) is 82.7. The van der Waals surface area contributed by atoms with Gasteiger partial charge in [-0.1, -0.05) is 340 Å². The number of hydrogen-bond donors (Lipinski definition) is 3. The molecule has 0 radical (unpaired) electrons. The summed E-state index contributed by atoms with van der Waals surface area (Å²) in [6.45, 7) is 4.91. The Kier molecular flexibility index (Phi) is 64.4. The Morgan fingerprint density at radius 3 is 0.934 bits per heavy atom. The number of nitrogens with one attached hydrogen (secondary N) is 1. The molecule has 76 heavy (non-hydrogen) atoms. The van der Waals surface area contributed by atoms with Crippen LogP contribution in [0.15, 0.2) is 24.3 Å². The molecule has 0 fully saturated rings. The number of unbranched alkanes of at least 4 members (excludes halogenated alkanes) is 52. The number of carbonyl (C=O) groups excluding carboxylic acids is 2. The fourth-order valence-electron chi connectivity index (χ4n) is 10.9. The third-order valence-corrected chi connectivity index (χ3v) is 16.2. The molecule has 3 N–H and O–H groups in total. The highest BCUT2D eigenvalue weighted by molar-refractivity contribution is 5.76. The largest absolute Gasteiger partial charge is 0.466 e. The predicted octanol–water partition coefficient (Wildman–Crippen LogP) is 22.1. The van der Waals surface area contributed by atoms with Crippen LogP contribution in [-0.2, 0) is 14.3 Å². The average Bonchev–Trinajstić information content (AvgIpc) is 3.42. The first-order valence-corrected chi connectivity index (χ1v) is 34.6. The molecule has 0 aromatic heterocycles. The second-order valence-corrected chi connectivity index (χ2v) is 23.9. The van der Waals surface area contributed by atoms with Crippen molar-refractivity contribution in [1.82, 2.24) is 5.32 Å². The van der Waals surface area contributed by atoms with Crippen LogP contribution in [0.2, 0.25) is 0 Å². The molecule has 1 amide bonds. The van der Waals surface area contributed by atoms with Gasteiger partial charge in [0, 0.05) is 12.8 Å². The summed E-state index contributed by atoms with van der Waals surface area (Å²) in [5.41, 5.74) is 0. The van der Waals surface area contributed by atoms with Crippen LogP contribution in [0, 0.1) is 0 Å². The highest BCUT2D eigenvalue weighted by Crippen LogP contribution is 2.19. The number of rotatable bonds is 65. The first kappa shape index (κ1) is 74.3. The fraction of sp³-hybridized carbons (Fsp3) is 0.914. The van der Waals surface area contributed by atoms with E-state index in [1.165, 1.54) is 321 Å². The van der Waals surface area contributed by atoms with Crippen LogP contribution >= 0.6 is 0 Å². The van der Waals surface area contributed by atoms with Crippen molar-refractivity contribution in [2.45, 2.75) is 398 Å². The second kappa shape index (κ2) is 65.9. The average molecular weight is 1070 g/mol. The van der Waals surface area contributed by atoms with E-state index < -0.39 is 12.1 Å². The SMILES string of the molecule is CCCCCCCC/C=C\CCCCCCCCCCCC(=O)OCCCCCCCCCCCCCCCCCCCCCCCCCCCCCCCCC(=O)NC(CO)C(O)/C=C/CCCCCCCCCC. The molecule has 6 nitrogen and oxygen atoms in total. The zero-order valence-electron chi connectivity index (χ0n) is 51.5. The van der Waals surface area contributed by atoms with E-state index in [9.17, 15) is 19.8 Å². The van der Waals surface area contributed by atoms with Crippen molar-refractivity contribution in [3.05, 3.63) is 24.3 Å². The Morgan fingerprint density at radius 1 is 0.355 bits per heavy atom. The lowest BCUT2D eigenvalue weighted by Crippen LogP contribution is -2.45. The van der Waals surface area contributed by atoms with Gasteiger partial charge >= 0.3 is 5.97 Å². The van der Waals surface area contributed by atoms with E-state index in [1.807, 2.05) is 6.08 Å². The highest BCUT2D eigenvalue weighted by Gasteiger charge is 2.18. The summed E-state index contributed by atoms with van der Waals surface area (Å²) in [4.78, 5) is 24.5. The maximum absolute atomic E-state index is 12.4. The number of esters is 1. The van der Waals surface area contributed by atoms with Gasteiger partial charge in [0.2, 0.25) is 5.91 Å². The van der Waals surface area contributed by atoms with E-state index in [0.29, 0.717) is 19.4 Å². The number of aliphatic hydroxyl groups is 2. The van der Waals surface area contributed by atoms with Gasteiger partial charge < -0.3 is 20.3 Å². The molecule has 450 valence electrons. The number of hydrogen-bond acceptors (Lipinski definition) is 5. The third kappa shape index (κ3) is 61.6. The normalized spacial score (nSPS) is 12.6. The number of allylic oxidation sites excluding steroid dienone is 3. The molecule has 0 spiro atoms. The molecule has 6 heteroatoms. The molecule has 0 saturated carbocycles.